The second-order valence-electron chi connectivity index (χ2n) is 7.93. The molecule has 1 amide bonds. The average Bonchev–Trinajstić information content (AvgIpc) is 3.12. The standard InChI is InChI=1S/C20H23NO/c1-13-10-15-4-2-3-5-18(15)21(13)19(22)20-9-8-14-6-7-16(11-20)17(14)12-20/h2-5,8,13,16-17H,6-7,9-12H2,1H3. The molecule has 1 aliphatic heterocycles. The lowest BCUT2D eigenvalue weighted by Gasteiger charge is -2.37. The number of rotatable bonds is 1. The first-order valence-corrected chi connectivity index (χ1v) is 8.78. The van der Waals surface area contributed by atoms with Crippen LogP contribution in [0, 0.1) is 17.3 Å². The van der Waals surface area contributed by atoms with Gasteiger partial charge in [0.25, 0.3) is 0 Å². The SMILES string of the molecule is CC1Cc2ccccc2N1C(=O)C12CC=C3CCC(C1)C3C2. The van der Waals surface area contributed by atoms with Crippen LogP contribution in [0.2, 0.25) is 0 Å². The second kappa shape index (κ2) is 4.24. The quantitative estimate of drug-likeness (QED) is 0.714. The molecule has 5 rings (SSSR count). The zero-order chi connectivity index (χ0) is 14.9. The number of amides is 1. The molecule has 0 spiro atoms. The Morgan fingerprint density at radius 1 is 1.27 bits per heavy atom. The molecular formula is C20H23NO. The van der Waals surface area contributed by atoms with Crippen molar-refractivity contribution >= 4 is 11.6 Å². The number of hydrogen-bond acceptors (Lipinski definition) is 1. The Labute approximate surface area is 132 Å². The van der Waals surface area contributed by atoms with Gasteiger partial charge in [-0.2, -0.15) is 0 Å². The molecule has 0 saturated heterocycles. The van der Waals surface area contributed by atoms with Gasteiger partial charge in [-0.3, -0.25) is 4.79 Å². The number of carbonyl (C=O) groups excluding carboxylic acids is 1. The summed E-state index contributed by atoms with van der Waals surface area (Å²) in [4.78, 5) is 15.7. The Morgan fingerprint density at radius 2 is 2.14 bits per heavy atom. The number of hydrogen-bond donors (Lipinski definition) is 0. The summed E-state index contributed by atoms with van der Waals surface area (Å²) in [6.07, 6.45) is 9.27. The van der Waals surface area contributed by atoms with E-state index < -0.39 is 0 Å². The number of nitrogens with zero attached hydrogens (tertiary/aromatic N) is 1. The molecule has 1 aromatic carbocycles. The minimum Gasteiger partial charge on any atom is -0.309 e. The molecular weight excluding hydrogens is 270 g/mol. The molecule has 4 unspecified atom stereocenters. The molecule has 1 heterocycles. The van der Waals surface area contributed by atoms with Crippen molar-refractivity contribution in [1.82, 2.24) is 0 Å². The fourth-order valence-corrected chi connectivity index (χ4v) is 5.73. The number of para-hydroxylation sites is 1. The summed E-state index contributed by atoms with van der Waals surface area (Å²) < 4.78 is 0. The van der Waals surface area contributed by atoms with Crippen molar-refractivity contribution in [2.45, 2.75) is 51.5 Å². The number of fused-ring (bicyclic) bond motifs is 2. The Hall–Kier alpha value is -1.57. The molecule has 2 saturated carbocycles. The van der Waals surface area contributed by atoms with Gasteiger partial charge in [-0.05, 0) is 68.9 Å². The molecule has 0 N–H and O–H groups in total. The summed E-state index contributed by atoms with van der Waals surface area (Å²) in [6.45, 7) is 2.20. The molecule has 2 nitrogen and oxygen atoms in total. The molecule has 3 aliphatic carbocycles. The molecule has 22 heavy (non-hydrogen) atoms. The van der Waals surface area contributed by atoms with E-state index in [4.69, 9.17) is 0 Å². The molecule has 0 aromatic heterocycles. The van der Waals surface area contributed by atoms with Crippen LogP contribution in [0.4, 0.5) is 5.69 Å². The predicted octanol–water partition coefficient (Wildman–Crippen LogP) is 4.10. The fraction of sp³-hybridized carbons (Fsp3) is 0.550. The highest BCUT2D eigenvalue weighted by Gasteiger charge is 2.56. The van der Waals surface area contributed by atoms with E-state index in [0.29, 0.717) is 11.9 Å². The molecule has 114 valence electrons. The predicted molar refractivity (Wildman–Crippen MR) is 87.7 cm³/mol. The maximum Gasteiger partial charge on any atom is 0.233 e. The van der Waals surface area contributed by atoms with E-state index in [2.05, 4.69) is 42.2 Å². The van der Waals surface area contributed by atoms with Gasteiger partial charge in [-0.15, -0.1) is 0 Å². The Morgan fingerprint density at radius 3 is 3.05 bits per heavy atom. The van der Waals surface area contributed by atoms with Gasteiger partial charge in [0, 0.05) is 11.7 Å². The molecule has 4 atom stereocenters. The Bertz CT molecular complexity index is 691. The first-order chi connectivity index (χ1) is 10.7. The number of anilines is 1. The van der Waals surface area contributed by atoms with Crippen LogP contribution in [-0.2, 0) is 11.2 Å². The highest BCUT2D eigenvalue weighted by atomic mass is 16.2. The molecule has 1 aromatic rings. The van der Waals surface area contributed by atoms with Gasteiger partial charge in [0.2, 0.25) is 5.91 Å². The van der Waals surface area contributed by atoms with Crippen LogP contribution in [0.3, 0.4) is 0 Å². The van der Waals surface area contributed by atoms with Crippen molar-refractivity contribution in [1.29, 1.82) is 0 Å². The fourth-order valence-electron chi connectivity index (χ4n) is 5.73. The van der Waals surface area contributed by atoms with Crippen molar-refractivity contribution in [3.05, 3.63) is 41.5 Å². The minimum atomic E-state index is -0.0923. The number of carbonyl (C=O) groups is 1. The number of allylic oxidation sites excluding steroid dienone is 2. The van der Waals surface area contributed by atoms with Crippen LogP contribution in [0.25, 0.3) is 0 Å². The van der Waals surface area contributed by atoms with Gasteiger partial charge < -0.3 is 4.90 Å². The molecule has 0 radical (unpaired) electrons. The third-order valence-electron chi connectivity index (χ3n) is 6.75. The van der Waals surface area contributed by atoms with Gasteiger partial charge in [-0.25, -0.2) is 0 Å². The molecule has 2 fully saturated rings. The summed E-state index contributed by atoms with van der Waals surface area (Å²) in [5.41, 5.74) is 4.08. The molecule has 2 bridgehead atoms. The van der Waals surface area contributed by atoms with Gasteiger partial charge in [0.15, 0.2) is 0 Å². The van der Waals surface area contributed by atoms with Gasteiger partial charge in [-0.1, -0.05) is 29.8 Å². The topological polar surface area (TPSA) is 20.3 Å². The van der Waals surface area contributed by atoms with Crippen LogP contribution in [0.1, 0.15) is 44.6 Å². The number of benzene rings is 1. The lowest BCUT2D eigenvalue weighted by molar-refractivity contribution is -0.128. The summed E-state index contributed by atoms with van der Waals surface area (Å²) in [5.74, 6) is 1.92. The smallest absolute Gasteiger partial charge is 0.233 e. The minimum absolute atomic E-state index is 0.0923. The Kier molecular flexibility index (Phi) is 2.49. The summed E-state index contributed by atoms with van der Waals surface area (Å²) in [5, 5.41) is 0. The molecule has 2 heteroatoms. The van der Waals surface area contributed by atoms with Gasteiger partial charge in [0.1, 0.15) is 0 Å². The van der Waals surface area contributed by atoms with E-state index >= 15 is 0 Å². The third kappa shape index (κ3) is 1.53. The van der Waals surface area contributed by atoms with Crippen LogP contribution in [-0.4, -0.2) is 11.9 Å². The summed E-state index contributed by atoms with van der Waals surface area (Å²) >= 11 is 0. The highest BCUT2D eigenvalue weighted by Crippen LogP contribution is 2.61. The summed E-state index contributed by atoms with van der Waals surface area (Å²) in [7, 11) is 0. The van der Waals surface area contributed by atoms with Crippen molar-refractivity contribution in [3.63, 3.8) is 0 Å². The van der Waals surface area contributed by atoms with E-state index in [1.165, 1.54) is 24.1 Å². The first kappa shape index (κ1) is 12.9. The maximum absolute atomic E-state index is 13.5. The van der Waals surface area contributed by atoms with Crippen molar-refractivity contribution in [3.8, 4) is 0 Å². The van der Waals surface area contributed by atoms with Crippen molar-refractivity contribution < 1.29 is 4.79 Å². The van der Waals surface area contributed by atoms with Crippen LogP contribution >= 0.6 is 0 Å². The van der Waals surface area contributed by atoms with Gasteiger partial charge >= 0.3 is 0 Å². The highest BCUT2D eigenvalue weighted by molar-refractivity contribution is 6.00. The largest absolute Gasteiger partial charge is 0.309 e. The van der Waals surface area contributed by atoms with Crippen LogP contribution in [0.5, 0.6) is 0 Å². The molecule has 4 aliphatic rings. The van der Waals surface area contributed by atoms with Gasteiger partial charge in [0.05, 0.1) is 5.41 Å². The van der Waals surface area contributed by atoms with E-state index in [9.17, 15) is 4.79 Å². The van der Waals surface area contributed by atoms with Crippen molar-refractivity contribution in [2.24, 2.45) is 17.3 Å². The van der Waals surface area contributed by atoms with Crippen LogP contribution in [0.15, 0.2) is 35.9 Å². The first-order valence-electron chi connectivity index (χ1n) is 8.78. The third-order valence-corrected chi connectivity index (χ3v) is 6.75. The average molecular weight is 293 g/mol. The zero-order valence-electron chi connectivity index (χ0n) is 13.2. The lowest BCUT2D eigenvalue weighted by atomic mass is 9.74. The monoisotopic (exact) mass is 293 g/mol. The summed E-state index contributed by atoms with van der Waals surface area (Å²) in [6, 6.07) is 8.78. The maximum atomic E-state index is 13.5. The van der Waals surface area contributed by atoms with Crippen molar-refractivity contribution in [2.75, 3.05) is 4.90 Å². The Balaban J connectivity index is 1.53. The zero-order valence-corrected chi connectivity index (χ0v) is 13.2. The normalized spacial score (nSPS) is 38.1. The second-order valence-corrected chi connectivity index (χ2v) is 7.93. The van der Waals surface area contributed by atoms with Crippen LogP contribution < -0.4 is 4.90 Å². The van der Waals surface area contributed by atoms with E-state index in [1.807, 2.05) is 0 Å². The van der Waals surface area contributed by atoms with E-state index in [1.54, 1.807) is 5.57 Å². The van der Waals surface area contributed by atoms with E-state index in [-0.39, 0.29) is 5.41 Å². The lowest BCUT2D eigenvalue weighted by Crippen LogP contribution is -2.46. The van der Waals surface area contributed by atoms with E-state index in [0.717, 1.165) is 37.5 Å².